The van der Waals surface area contributed by atoms with Crippen LogP contribution in [0, 0.1) is 0 Å². The molecule has 0 unspecified atom stereocenters. The molecular formula is C21H18N2O2. The predicted molar refractivity (Wildman–Crippen MR) is 103 cm³/mol. The largest absolute Gasteiger partial charge is 0.508 e. The summed E-state index contributed by atoms with van der Waals surface area (Å²) in [5.41, 5.74) is 1.95. The molecule has 4 aromatic carbocycles. The van der Waals surface area contributed by atoms with Crippen molar-refractivity contribution in [2.75, 3.05) is 17.3 Å². The summed E-state index contributed by atoms with van der Waals surface area (Å²) in [4.78, 5) is 0. The molecule has 0 saturated heterocycles. The van der Waals surface area contributed by atoms with Gasteiger partial charge in [-0.15, -0.1) is 0 Å². The summed E-state index contributed by atoms with van der Waals surface area (Å²) in [5, 5.41) is 30.0. The molecule has 0 aliphatic heterocycles. The van der Waals surface area contributed by atoms with E-state index in [0.29, 0.717) is 6.67 Å². The first-order chi connectivity index (χ1) is 12.2. The van der Waals surface area contributed by atoms with E-state index >= 15 is 0 Å². The first kappa shape index (κ1) is 15.1. The predicted octanol–water partition coefficient (Wildman–Crippen LogP) is 4.89. The zero-order valence-electron chi connectivity index (χ0n) is 13.5. The number of nitrogens with one attached hydrogen (secondary N) is 2. The molecule has 124 valence electrons. The summed E-state index contributed by atoms with van der Waals surface area (Å²) in [6, 6.07) is 22.8. The maximum atomic E-state index is 9.60. The van der Waals surface area contributed by atoms with Crippen LogP contribution in [0.1, 0.15) is 0 Å². The third-order valence-corrected chi connectivity index (χ3v) is 4.23. The number of hydrogen-bond acceptors (Lipinski definition) is 4. The second kappa shape index (κ2) is 6.24. The van der Waals surface area contributed by atoms with E-state index < -0.39 is 0 Å². The molecule has 0 amide bonds. The van der Waals surface area contributed by atoms with Crippen molar-refractivity contribution >= 4 is 32.9 Å². The molecule has 0 fully saturated rings. The van der Waals surface area contributed by atoms with Crippen LogP contribution in [0.3, 0.4) is 0 Å². The normalized spacial score (nSPS) is 10.9. The maximum absolute atomic E-state index is 9.60. The minimum Gasteiger partial charge on any atom is -0.508 e. The van der Waals surface area contributed by atoms with E-state index in [4.69, 9.17) is 0 Å². The zero-order valence-corrected chi connectivity index (χ0v) is 13.5. The number of phenolic OH excluding ortho intramolecular Hbond substituents is 2. The molecule has 0 heterocycles. The van der Waals surface area contributed by atoms with Gasteiger partial charge in [0.1, 0.15) is 11.5 Å². The number of aromatic hydroxyl groups is 2. The number of hydrogen-bond donors (Lipinski definition) is 4. The van der Waals surface area contributed by atoms with Crippen molar-refractivity contribution in [2.24, 2.45) is 0 Å². The SMILES string of the molecule is Oc1ccc2ccc(NCNc3ccc4ccc(O)cc4c3)cc2c1. The van der Waals surface area contributed by atoms with E-state index in [-0.39, 0.29) is 11.5 Å². The van der Waals surface area contributed by atoms with Crippen LogP contribution in [-0.4, -0.2) is 16.9 Å². The highest BCUT2D eigenvalue weighted by atomic mass is 16.3. The van der Waals surface area contributed by atoms with Crippen molar-refractivity contribution < 1.29 is 10.2 Å². The van der Waals surface area contributed by atoms with Gasteiger partial charge in [-0.3, -0.25) is 0 Å². The molecule has 0 atom stereocenters. The van der Waals surface area contributed by atoms with Crippen molar-refractivity contribution in [3.8, 4) is 11.5 Å². The first-order valence-corrected chi connectivity index (χ1v) is 8.11. The van der Waals surface area contributed by atoms with E-state index in [1.165, 1.54) is 0 Å². The molecule has 4 N–H and O–H groups in total. The fraction of sp³-hybridized carbons (Fsp3) is 0.0476. The summed E-state index contributed by atoms with van der Waals surface area (Å²) in [6.45, 7) is 0.564. The molecule has 0 spiro atoms. The Labute approximate surface area is 145 Å². The molecule has 4 aromatic rings. The van der Waals surface area contributed by atoms with Gasteiger partial charge in [0, 0.05) is 11.4 Å². The average molecular weight is 330 g/mol. The fourth-order valence-electron chi connectivity index (χ4n) is 2.94. The Bertz CT molecular complexity index is 975. The monoisotopic (exact) mass is 330 g/mol. The fourth-order valence-corrected chi connectivity index (χ4v) is 2.94. The number of benzene rings is 4. The Morgan fingerprint density at radius 2 is 0.960 bits per heavy atom. The minimum absolute atomic E-state index is 0.266. The van der Waals surface area contributed by atoms with Gasteiger partial charge in [-0.25, -0.2) is 0 Å². The van der Waals surface area contributed by atoms with Gasteiger partial charge in [-0.2, -0.15) is 0 Å². The van der Waals surface area contributed by atoms with Gasteiger partial charge in [-0.05, 0) is 70.1 Å². The molecule has 0 saturated carbocycles. The van der Waals surface area contributed by atoms with Gasteiger partial charge in [-0.1, -0.05) is 24.3 Å². The maximum Gasteiger partial charge on any atom is 0.116 e. The average Bonchev–Trinajstić information content (AvgIpc) is 2.61. The first-order valence-electron chi connectivity index (χ1n) is 8.11. The zero-order chi connectivity index (χ0) is 17.2. The van der Waals surface area contributed by atoms with Gasteiger partial charge in [0.15, 0.2) is 0 Å². The lowest BCUT2D eigenvalue weighted by molar-refractivity contribution is 0.475. The summed E-state index contributed by atoms with van der Waals surface area (Å²) < 4.78 is 0. The molecular weight excluding hydrogens is 312 g/mol. The molecule has 4 rings (SSSR count). The van der Waals surface area contributed by atoms with Crippen molar-refractivity contribution in [3.05, 3.63) is 72.8 Å². The highest BCUT2D eigenvalue weighted by Gasteiger charge is 2.00. The topological polar surface area (TPSA) is 64.5 Å². The molecule has 0 radical (unpaired) electrons. The van der Waals surface area contributed by atoms with E-state index in [2.05, 4.69) is 10.6 Å². The van der Waals surface area contributed by atoms with Crippen LogP contribution < -0.4 is 10.6 Å². The summed E-state index contributed by atoms with van der Waals surface area (Å²) in [6.07, 6.45) is 0. The number of fused-ring (bicyclic) bond motifs is 2. The Hall–Kier alpha value is -3.40. The number of phenols is 2. The van der Waals surface area contributed by atoms with Crippen LogP contribution in [-0.2, 0) is 0 Å². The van der Waals surface area contributed by atoms with Crippen molar-refractivity contribution in [1.82, 2.24) is 0 Å². The minimum atomic E-state index is 0.266. The van der Waals surface area contributed by atoms with Crippen LogP contribution in [0.2, 0.25) is 0 Å². The van der Waals surface area contributed by atoms with Gasteiger partial charge in [0.05, 0.1) is 6.67 Å². The Morgan fingerprint density at radius 1 is 0.520 bits per heavy atom. The molecule has 0 aromatic heterocycles. The summed E-state index contributed by atoms with van der Waals surface area (Å²) >= 11 is 0. The molecule has 4 heteroatoms. The molecule has 0 aliphatic carbocycles. The molecule has 25 heavy (non-hydrogen) atoms. The lowest BCUT2D eigenvalue weighted by Gasteiger charge is -2.11. The standard InChI is InChI=1S/C21H18N2O2/c24-20-7-3-14-1-5-18(9-16(14)11-20)22-13-23-19-6-2-15-4-8-21(25)12-17(15)10-19/h1-12,22-25H,13H2. The lowest BCUT2D eigenvalue weighted by Crippen LogP contribution is -2.11. The number of rotatable bonds is 4. The van der Waals surface area contributed by atoms with E-state index in [9.17, 15) is 10.2 Å². The highest BCUT2D eigenvalue weighted by Crippen LogP contribution is 2.24. The van der Waals surface area contributed by atoms with Crippen molar-refractivity contribution in [1.29, 1.82) is 0 Å². The van der Waals surface area contributed by atoms with Gasteiger partial charge in [0.25, 0.3) is 0 Å². The smallest absolute Gasteiger partial charge is 0.116 e. The Morgan fingerprint density at radius 3 is 1.44 bits per heavy atom. The Balaban J connectivity index is 1.46. The third kappa shape index (κ3) is 3.28. The highest BCUT2D eigenvalue weighted by molar-refractivity contribution is 5.88. The van der Waals surface area contributed by atoms with Gasteiger partial charge in [0.2, 0.25) is 0 Å². The number of anilines is 2. The van der Waals surface area contributed by atoms with Crippen LogP contribution in [0.15, 0.2) is 72.8 Å². The van der Waals surface area contributed by atoms with E-state index in [1.807, 2.05) is 48.5 Å². The van der Waals surface area contributed by atoms with E-state index in [0.717, 1.165) is 32.9 Å². The van der Waals surface area contributed by atoms with Gasteiger partial charge < -0.3 is 20.8 Å². The second-order valence-electron chi connectivity index (χ2n) is 6.02. The van der Waals surface area contributed by atoms with Crippen LogP contribution in [0.25, 0.3) is 21.5 Å². The van der Waals surface area contributed by atoms with Gasteiger partial charge >= 0.3 is 0 Å². The van der Waals surface area contributed by atoms with E-state index in [1.54, 1.807) is 24.3 Å². The summed E-state index contributed by atoms with van der Waals surface area (Å²) in [5.74, 6) is 0.532. The lowest BCUT2D eigenvalue weighted by atomic mass is 10.1. The quantitative estimate of drug-likeness (QED) is 0.402. The van der Waals surface area contributed by atoms with Crippen molar-refractivity contribution in [3.63, 3.8) is 0 Å². The third-order valence-electron chi connectivity index (χ3n) is 4.23. The molecule has 0 bridgehead atoms. The molecule has 4 nitrogen and oxygen atoms in total. The van der Waals surface area contributed by atoms with Crippen LogP contribution in [0.4, 0.5) is 11.4 Å². The van der Waals surface area contributed by atoms with Crippen LogP contribution in [0.5, 0.6) is 11.5 Å². The van der Waals surface area contributed by atoms with Crippen molar-refractivity contribution in [2.45, 2.75) is 0 Å². The second-order valence-corrected chi connectivity index (χ2v) is 6.02. The van der Waals surface area contributed by atoms with Crippen LogP contribution >= 0.6 is 0 Å². The Kier molecular flexibility index (Phi) is 3.78. The molecule has 0 aliphatic rings. The summed E-state index contributed by atoms with van der Waals surface area (Å²) in [7, 11) is 0.